The number of amides is 1. The van der Waals surface area contributed by atoms with Gasteiger partial charge in [0.15, 0.2) is 0 Å². The van der Waals surface area contributed by atoms with Crippen LogP contribution in [0, 0.1) is 17.2 Å². The number of carboxylic acid groups (broad SMARTS) is 1. The number of carbonyl (C=O) groups is 2. The molecule has 0 radical (unpaired) electrons. The number of aliphatic carboxylic acids is 1. The van der Waals surface area contributed by atoms with E-state index < -0.39 is 5.97 Å². The molecule has 0 bridgehead atoms. The summed E-state index contributed by atoms with van der Waals surface area (Å²) in [5.41, 5.74) is 3.73. The summed E-state index contributed by atoms with van der Waals surface area (Å²) >= 11 is 0. The van der Waals surface area contributed by atoms with Crippen LogP contribution in [0.3, 0.4) is 0 Å². The maximum atomic E-state index is 13.0. The van der Waals surface area contributed by atoms with Gasteiger partial charge >= 0.3 is 5.97 Å². The number of aryl methyl sites for hydroxylation is 1. The van der Waals surface area contributed by atoms with Gasteiger partial charge in [-0.15, -0.1) is 0 Å². The quantitative estimate of drug-likeness (QED) is 0.681. The highest BCUT2D eigenvalue weighted by Gasteiger charge is 2.61. The van der Waals surface area contributed by atoms with Gasteiger partial charge < -0.3 is 15.5 Å². The maximum absolute atomic E-state index is 13.0. The molecule has 2 aromatic rings. The van der Waals surface area contributed by atoms with Crippen molar-refractivity contribution < 1.29 is 19.8 Å². The molecule has 2 aliphatic carbocycles. The van der Waals surface area contributed by atoms with E-state index in [-0.39, 0.29) is 23.0 Å². The molecule has 0 saturated heterocycles. The van der Waals surface area contributed by atoms with Crippen molar-refractivity contribution in [3.05, 3.63) is 70.8 Å². The smallest absolute Gasteiger partial charge is 0.327 e. The van der Waals surface area contributed by atoms with Crippen LogP contribution in [-0.4, -0.2) is 22.1 Å². The van der Waals surface area contributed by atoms with Crippen LogP contribution < -0.4 is 5.32 Å². The number of hydrogen-bond donors (Lipinski definition) is 3. The highest BCUT2D eigenvalue weighted by molar-refractivity contribution is 5.97. The van der Waals surface area contributed by atoms with E-state index in [4.69, 9.17) is 5.11 Å². The summed E-state index contributed by atoms with van der Waals surface area (Å²) in [4.78, 5) is 23.7. The first-order chi connectivity index (χ1) is 13.9. The number of benzene rings is 2. The van der Waals surface area contributed by atoms with Crippen LogP contribution in [0.2, 0.25) is 0 Å². The SMILES string of the molecule is N#Cc1ccc(CC=CC(=O)O)c(NC(=O)[C@@H]2C[C@]23CCc2ccc(O)cc23)c1. The molecule has 0 aromatic heterocycles. The minimum Gasteiger partial charge on any atom is -0.508 e. The zero-order valence-corrected chi connectivity index (χ0v) is 15.7. The van der Waals surface area contributed by atoms with Gasteiger partial charge in [0.1, 0.15) is 5.75 Å². The second kappa shape index (κ2) is 7.10. The Hall–Kier alpha value is -3.59. The third-order valence-corrected chi connectivity index (χ3v) is 5.96. The van der Waals surface area contributed by atoms with Crippen molar-refractivity contribution >= 4 is 17.6 Å². The van der Waals surface area contributed by atoms with Gasteiger partial charge in [-0.2, -0.15) is 5.26 Å². The lowest BCUT2D eigenvalue weighted by Crippen LogP contribution is -2.20. The molecule has 146 valence electrons. The van der Waals surface area contributed by atoms with Crippen LogP contribution in [0.1, 0.15) is 35.1 Å². The molecule has 2 aliphatic rings. The normalized spacial score (nSPS) is 21.7. The molecule has 6 nitrogen and oxygen atoms in total. The van der Waals surface area contributed by atoms with Crippen LogP contribution in [-0.2, 0) is 27.8 Å². The molecule has 6 heteroatoms. The molecular formula is C23H20N2O4. The zero-order valence-electron chi connectivity index (χ0n) is 15.7. The third kappa shape index (κ3) is 3.47. The van der Waals surface area contributed by atoms with E-state index in [0.717, 1.165) is 36.5 Å². The summed E-state index contributed by atoms with van der Waals surface area (Å²) in [5, 5.41) is 30.8. The Labute approximate surface area is 168 Å². The number of allylic oxidation sites excluding steroid dienone is 1. The number of hydrogen-bond acceptors (Lipinski definition) is 4. The molecule has 3 N–H and O–H groups in total. The van der Waals surface area contributed by atoms with E-state index in [1.165, 1.54) is 11.6 Å². The minimum atomic E-state index is -1.03. The summed E-state index contributed by atoms with van der Waals surface area (Å²) in [6, 6.07) is 12.4. The van der Waals surface area contributed by atoms with Crippen molar-refractivity contribution in [3.8, 4) is 11.8 Å². The first-order valence-electron chi connectivity index (χ1n) is 9.49. The summed E-state index contributed by atoms with van der Waals surface area (Å²) < 4.78 is 0. The van der Waals surface area contributed by atoms with Gasteiger partial charge in [0.2, 0.25) is 5.91 Å². The predicted molar refractivity (Wildman–Crippen MR) is 106 cm³/mol. The van der Waals surface area contributed by atoms with Crippen LogP contribution in [0.5, 0.6) is 5.75 Å². The highest BCUT2D eigenvalue weighted by Crippen LogP contribution is 2.62. The highest BCUT2D eigenvalue weighted by atomic mass is 16.4. The third-order valence-electron chi connectivity index (χ3n) is 5.96. The molecule has 0 heterocycles. The fourth-order valence-corrected chi connectivity index (χ4v) is 4.41. The number of rotatable bonds is 5. The zero-order chi connectivity index (χ0) is 20.6. The second-order valence-electron chi connectivity index (χ2n) is 7.67. The number of phenolic OH excluding ortho intramolecular Hbond substituents is 1. The average Bonchev–Trinajstić information content (AvgIpc) is 3.33. The lowest BCUT2D eigenvalue weighted by molar-refractivity contribution is -0.131. The molecule has 1 spiro atoms. The van der Waals surface area contributed by atoms with Gasteiger partial charge in [-0.05, 0) is 66.6 Å². The molecule has 29 heavy (non-hydrogen) atoms. The van der Waals surface area contributed by atoms with Crippen LogP contribution in [0.25, 0.3) is 0 Å². The number of anilines is 1. The van der Waals surface area contributed by atoms with E-state index in [0.29, 0.717) is 17.7 Å². The largest absolute Gasteiger partial charge is 0.508 e. The van der Waals surface area contributed by atoms with E-state index in [9.17, 15) is 20.0 Å². The summed E-state index contributed by atoms with van der Waals surface area (Å²) in [6.07, 6.45) is 5.42. The molecule has 1 amide bonds. The van der Waals surface area contributed by atoms with E-state index in [1.807, 2.05) is 6.07 Å². The number of nitriles is 1. The molecule has 1 saturated carbocycles. The number of nitrogens with zero attached hydrogens (tertiary/aromatic N) is 1. The Balaban J connectivity index is 1.55. The summed E-state index contributed by atoms with van der Waals surface area (Å²) in [5.74, 6) is -1.11. The van der Waals surface area contributed by atoms with Crippen molar-refractivity contribution in [2.75, 3.05) is 5.32 Å². The molecule has 2 aromatic carbocycles. The number of carboxylic acids is 1. The fraction of sp³-hybridized carbons (Fsp3) is 0.261. The standard InChI is InChI=1S/C23H20N2O4/c24-13-14-4-5-16(2-1-3-21(27)28)20(10-14)25-22(29)19-12-23(19)9-8-15-6-7-17(26)11-18(15)23/h1,3-7,10-11,19,26H,2,8-9,12H2,(H,25,29)(H,27,28)/t19-,23-/m0/s1. The number of fused-ring (bicyclic) bond motifs is 2. The lowest BCUT2D eigenvalue weighted by atomic mass is 9.94. The van der Waals surface area contributed by atoms with E-state index >= 15 is 0 Å². The summed E-state index contributed by atoms with van der Waals surface area (Å²) in [7, 11) is 0. The molecule has 1 fully saturated rings. The Kier molecular flexibility index (Phi) is 4.59. The van der Waals surface area contributed by atoms with Gasteiger partial charge in [-0.3, -0.25) is 4.79 Å². The monoisotopic (exact) mass is 388 g/mol. The van der Waals surface area contributed by atoms with Crippen molar-refractivity contribution in [3.63, 3.8) is 0 Å². The Morgan fingerprint density at radius 1 is 1.28 bits per heavy atom. The summed E-state index contributed by atoms with van der Waals surface area (Å²) in [6.45, 7) is 0. The van der Waals surface area contributed by atoms with E-state index in [2.05, 4.69) is 11.4 Å². The maximum Gasteiger partial charge on any atom is 0.327 e. The molecule has 2 atom stereocenters. The molecular weight excluding hydrogens is 368 g/mol. The Morgan fingerprint density at radius 3 is 2.86 bits per heavy atom. The van der Waals surface area contributed by atoms with Gasteiger partial charge in [0.25, 0.3) is 0 Å². The number of phenols is 1. The molecule has 0 aliphatic heterocycles. The van der Waals surface area contributed by atoms with Crippen molar-refractivity contribution in [2.24, 2.45) is 5.92 Å². The van der Waals surface area contributed by atoms with Crippen LogP contribution >= 0.6 is 0 Å². The average molecular weight is 388 g/mol. The van der Waals surface area contributed by atoms with Gasteiger partial charge in [0.05, 0.1) is 11.6 Å². The van der Waals surface area contributed by atoms with Gasteiger partial charge in [0, 0.05) is 23.1 Å². The number of carbonyl (C=O) groups excluding carboxylic acids is 1. The van der Waals surface area contributed by atoms with Crippen molar-refractivity contribution in [1.82, 2.24) is 0 Å². The molecule has 0 unspecified atom stereocenters. The van der Waals surface area contributed by atoms with E-state index in [1.54, 1.807) is 30.3 Å². The minimum absolute atomic E-state index is 0.111. The number of nitrogens with one attached hydrogen (secondary N) is 1. The Morgan fingerprint density at radius 2 is 2.10 bits per heavy atom. The first kappa shape index (κ1) is 18.8. The number of aromatic hydroxyl groups is 1. The fourth-order valence-electron chi connectivity index (χ4n) is 4.41. The predicted octanol–water partition coefficient (Wildman–Crippen LogP) is 3.29. The molecule has 4 rings (SSSR count). The Bertz CT molecular complexity index is 1080. The van der Waals surface area contributed by atoms with Crippen molar-refractivity contribution in [1.29, 1.82) is 5.26 Å². The topological polar surface area (TPSA) is 110 Å². The van der Waals surface area contributed by atoms with Crippen LogP contribution in [0.4, 0.5) is 5.69 Å². The second-order valence-corrected chi connectivity index (χ2v) is 7.67. The lowest BCUT2D eigenvalue weighted by Gasteiger charge is -2.14. The van der Waals surface area contributed by atoms with Gasteiger partial charge in [-0.25, -0.2) is 4.79 Å². The van der Waals surface area contributed by atoms with Gasteiger partial charge in [-0.1, -0.05) is 18.2 Å². The van der Waals surface area contributed by atoms with Crippen LogP contribution in [0.15, 0.2) is 48.6 Å². The van der Waals surface area contributed by atoms with Crippen molar-refractivity contribution in [2.45, 2.75) is 31.1 Å². The first-order valence-corrected chi connectivity index (χ1v) is 9.49.